The molecule has 1 aromatic rings. The first-order valence-corrected chi connectivity index (χ1v) is 5.59. The lowest BCUT2D eigenvalue weighted by atomic mass is 10.1. The molecule has 0 amide bonds. The van der Waals surface area contributed by atoms with Gasteiger partial charge < -0.3 is 5.73 Å². The molecular formula is C11H13BrN2. The third kappa shape index (κ3) is 2.42. The quantitative estimate of drug-likeness (QED) is 0.835. The van der Waals surface area contributed by atoms with E-state index in [9.17, 15) is 0 Å². The highest BCUT2D eigenvalue weighted by molar-refractivity contribution is 9.10. The van der Waals surface area contributed by atoms with Crippen LogP contribution in [-0.4, -0.2) is 11.0 Å². The van der Waals surface area contributed by atoms with Gasteiger partial charge in [-0.2, -0.15) is 0 Å². The van der Waals surface area contributed by atoms with Crippen LogP contribution in [0.25, 0.3) is 6.08 Å². The number of hydrogen-bond donors (Lipinski definition) is 1. The largest absolute Gasteiger partial charge is 0.327 e. The predicted octanol–water partition coefficient (Wildman–Crippen LogP) is 2.74. The van der Waals surface area contributed by atoms with Gasteiger partial charge in [0.15, 0.2) is 0 Å². The Morgan fingerprint density at radius 2 is 2.36 bits per heavy atom. The van der Waals surface area contributed by atoms with Gasteiger partial charge >= 0.3 is 0 Å². The van der Waals surface area contributed by atoms with Gasteiger partial charge in [-0.25, -0.2) is 0 Å². The van der Waals surface area contributed by atoms with Crippen LogP contribution < -0.4 is 5.73 Å². The summed E-state index contributed by atoms with van der Waals surface area (Å²) in [5.41, 5.74) is 8.44. The highest BCUT2D eigenvalue weighted by Crippen LogP contribution is 2.25. The van der Waals surface area contributed by atoms with Crippen molar-refractivity contribution in [2.45, 2.75) is 25.3 Å². The van der Waals surface area contributed by atoms with Crippen molar-refractivity contribution >= 4 is 22.0 Å². The van der Waals surface area contributed by atoms with Gasteiger partial charge in [-0.15, -0.1) is 0 Å². The summed E-state index contributed by atoms with van der Waals surface area (Å²) in [6.45, 7) is 0. The summed E-state index contributed by atoms with van der Waals surface area (Å²) in [6, 6.07) is 2.44. The second-order valence-electron chi connectivity index (χ2n) is 3.74. The molecule has 0 spiro atoms. The van der Waals surface area contributed by atoms with E-state index < -0.39 is 0 Å². The molecular weight excluding hydrogens is 240 g/mol. The number of rotatable bonds is 1. The molecule has 1 saturated carbocycles. The molecule has 14 heavy (non-hydrogen) atoms. The van der Waals surface area contributed by atoms with Crippen molar-refractivity contribution in [1.82, 2.24) is 4.98 Å². The van der Waals surface area contributed by atoms with Crippen molar-refractivity contribution in [3.05, 3.63) is 34.1 Å². The molecule has 0 aliphatic heterocycles. The van der Waals surface area contributed by atoms with Crippen LogP contribution in [0.15, 0.2) is 28.5 Å². The van der Waals surface area contributed by atoms with Crippen LogP contribution in [0.4, 0.5) is 0 Å². The van der Waals surface area contributed by atoms with Gasteiger partial charge in [-0.3, -0.25) is 4.98 Å². The van der Waals surface area contributed by atoms with E-state index in [1.165, 1.54) is 5.57 Å². The Labute approximate surface area is 92.4 Å². The number of nitrogens with zero attached hydrogens (tertiary/aromatic N) is 1. The number of pyridine rings is 1. The summed E-state index contributed by atoms with van der Waals surface area (Å²) < 4.78 is 1.02. The third-order valence-electron chi connectivity index (χ3n) is 2.46. The van der Waals surface area contributed by atoms with E-state index >= 15 is 0 Å². The van der Waals surface area contributed by atoms with Gasteiger partial charge in [0, 0.05) is 22.9 Å². The average molecular weight is 253 g/mol. The van der Waals surface area contributed by atoms with Crippen LogP contribution in [0, 0.1) is 0 Å². The predicted molar refractivity (Wildman–Crippen MR) is 61.7 cm³/mol. The second-order valence-corrected chi connectivity index (χ2v) is 4.66. The van der Waals surface area contributed by atoms with Crippen LogP contribution in [0.2, 0.25) is 0 Å². The lowest BCUT2D eigenvalue weighted by Gasteiger charge is -1.98. The van der Waals surface area contributed by atoms with Crippen molar-refractivity contribution in [2.75, 3.05) is 0 Å². The summed E-state index contributed by atoms with van der Waals surface area (Å²) in [6.07, 6.45) is 9.15. The molecule has 2 nitrogen and oxygen atoms in total. The summed E-state index contributed by atoms with van der Waals surface area (Å²) in [5.74, 6) is 0. The molecule has 1 unspecified atom stereocenters. The van der Waals surface area contributed by atoms with Crippen molar-refractivity contribution in [2.24, 2.45) is 5.73 Å². The Morgan fingerprint density at radius 1 is 1.50 bits per heavy atom. The van der Waals surface area contributed by atoms with Crippen LogP contribution in [0.3, 0.4) is 0 Å². The Hall–Kier alpha value is -0.670. The molecule has 74 valence electrons. The number of hydrogen-bond acceptors (Lipinski definition) is 2. The Kier molecular flexibility index (Phi) is 2.99. The molecule has 0 radical (unpaired) electrons. The molecule has 1 fully saturated rings. The van der Waals surface area contributed by atoms with E-state index in [4.69, 9.17) is 5.73 Å². The minimum absolute atomic E-state index is 0.362. The maximum absolute atomic E-state index is 5.84. The monoisotopic (exact) mass is 252 g/mol. The lowest BCUT2D eigenvalue weighted by Crippen LogP contribution is -2.13. The van der Waals surface area contributed by atoms with E-state index in [0.29, 0.717) is 6.04 Å². The Balaban J connectivity index is 2.17. The van der Waals surface area contributed by atoms with Gasteiger partial charge in [-0.05, 0) is 46.8 Å². The van der Waals surface area contributed by atoms with Gasteiger partial charge in [0.25, 0.3) is 0 Å². The molecule has 0 bridgehead atoms. The van der Waals surface area contributed by atoms with E-state index in [2.05, 4.69) is 33.1 Å². The highest BCUT2D eigenvalue weighted by atomic mass is 79.9. The number of nitrogens with two attached hydrogens (primary N) is 1. The zero-order valence-corrected chi connectivity index (χ0v) is 9.50. The molecule has 0 saturated heterocycles. The Bertz CT molecular complexity index is 360. The van der Waals surface area contributed by atoms with Crippen LogP contribution >= 0.6 is 15.9 Å². The summed E-state index contributed by atoms with van der Waals surface area (Å²) in [4.78, 5) is 4.12. The third-order valence-corrected chi connectivity index (χ3v) is 2.89. The standard InChI is InChI=1S/C11H13BrN2/c12-10-4-9(6-14-7-10)3-8-1-2-11(13)5-8/h3-4,6-7,11H,1-2,5,13H2/b8-3-. The van der Waals surface area contributed by atoms with Gasteiger partial charge in [0.2, 0.25) is 0 Å². The SMILES string of the molecule is NC1CC/C(=C/c2cncc(Br)c2)C1. The van der Waals surface area contributed by atoms with Crippen LogP contribution in [-0.2, 0) is 0 Å². The lowest BCUT2D eigenvalue weighted by molar-refractivity contribution is 0.711. The number of halogens is 1. The molecule has 1 aromatic heterocycles. The van der Waals surface area contributed by atoms with Crippen molar-refractivity contribution in [3.8, 4) is 0 Å². The molecule has 2 N–H and O–H groups in total. The molecule has 3 heteroatoms. The second kappa shape index (κ2) is 4.24. The van der Waals surface area contributed by atoms with E-state index in [1.54, 1.807) is 6.20 Å². The molecule has 1 aliphatic rings. The van der Waals surface area contributed by atoms with Crippen LogP contribution in [0.1, 0.15) is 24.8 Å². The van der Waals surface area contributed by atoms with Crippen molar-refractivity contribution < 1.29 is 0 Å². The van der Waals surface area contributed by atoms with Gasteiger partial charge in [-0.1, -0.05) is 11.6 Å². The zero-order chi connectivity index (χ0) is 9.97. The summed E-state index contributed by atoms with van der Waals surface area (Å²) >= 11 is 3.41. The minimum atomic E-state index is 0.362. The smallest absolute Gasteiger partial charge is 0.0410 e. The van der Waals surface area contributed by atoms with Gasteiger partial charge in [0.1, 0.15) is 0 Å². The fourth-order valence-corrected chi connectivity index (χ4v) is 2.17. The molecule has 0 aromatic carbocycles. The van der Waals surface area contributed by atoms with Crippen LogP contribution in [0.5, 0.6) is 0 Å². The zero-order valence-electron chi connectivity index (χ0n) is 7.91. The highest BCUT2D eigenvalue weighted by Gasteiger charge is 2.14. The van der Waals surface area contributed by atoms with Crippen molar-refractivity contribution in [3.63, 3.8) is 0 Å². The van der Waals surface area contributed by atoms with Crippen molar-refractivity contribution in [1.29, 1.82) is 0 Å². The first kappa shape index (κ1) is 9.87. The fraction of sp³-hybridized carbons (Fsp3) is 0.364. The number of aromatic nitrogens is 1. The first-order valence-electron chi connectivity index (χ1n) is 4.79. The Morgan fingerprint density at radius 3 is 3.00 bits per heavy atom. The maximum Gasteiger partial charge on any atom is 0.0410 e. The van der Waals surface area contributed by atoms with E-state index in [0.717, 1.165) is 29.3 Å². The topological polar surface area (TPSA) is 38.9 Å². The molecule has 1 heterocycles. The maximum atomic E-state index is 5.84. The molecule has 1 aliphatic carbocycles. The first-order chi connectivity index (χ1) is 6.74. The fourth-order valence-electron chi connectivity index (χ4n) is 1.79. The van der Waals surface area contributed by atoms with E-state index in [1.807, 2.05) is 6.20 Å². The molecule has 2 rings (SSSR count). The summed E-state index contributed by atoms with van der Waals surface area (Å²) in [7, 11) is 0. The van der Waals surface area contributed by atoms with E-state index in [-0.39, 0.29) is 0 Å². The van der Waals surface area contributed by atoms with Gasteiger partial charge in [0.05, 0.1) is 0 Å². The average Bonchev–Trinajstić information content (AvgIpc) is 2.51. The minimum Gasteiger partial charge on any atom is -0.327 e. The normalized spacial score (nSPS) is 24.4. The summed E-state index contributed by atoms with van der Waals surface area (Å²) in [5, 5.41) is 0. The molecule has 1 atom stereocenters.